The SMILES string of the molecule is CC1CC(COc2cncc(Br)c2)C1. The van der Waals surface area contributed by atoms with Crippen molar-refractivity contribution in [2.45, 2.75) is 19.8 Å². The Balaban J connectivity index is 1.80. The monoisotopic (exact) mass is 255 g/mol. The predicted molar refractivity (Wildman–Crippen MR) is 59.3 cm³/mol. The van der Waals surface area contributed by atoms with Gasteiger partial charge in [-0.1, -0.05) is 6.92 Å². The van der Waals surface area contributed by atoms with Crippen LogP contribution < -0.4 is 4.74 Å². The van der Waals surface area contributed by atoms with Crippen molar-refractivity contribution in [3.05, 3.63) is 22.9 Å². The van der Waals surface area contributed by atoms with Crippen molar-refractivity contribution in [1.82, 2.24) is 4.98 Å². The summed E-state index contributed by atoms with van der Waals surface area (Å²) in [6.45, 7) is 3.12. The highest BCUT2D eigenvalue weighted by atomic mass is 79.9. The van der Waals surface area contributed by atoms with Gasteiger partial charge in [-0.25, -0.2) is 0 Å². The number of hydrogen-bond donors (Lipinski definition) is 0. The van der Waals surface area contributed by atoms with Crippen LogP contribution in [0.3, 0.4) is 0 Å². The third-order valence-corrected chi connectivity index (χ3v) is 3.07. The second-order valence-electron chi connectivity index (χ2n) is 4.09. The van der Waals surface area contributed by atoms with E-state index in [1.54, 1.807) is 12.4 Å². The van der Waals surface area contributed by atoms with Crippen LogP contribution in [0.1, 0.15) is 19.8 Å². The van der Waals surface area contributed by atoms with Crippen molar-refractivity contribution in [3.8, 4) is 5.75 Å². The van der Waals surface area contributed by atoms with Crippen molar-refractivity contribution in [2.75, 3.05) is 6.61 Å². The first kappa shape index (κ1) is 9.97. The van der Waals surface area contributed by atoms with Gasteiger partial charge in [0.25, 0.3) is 0 Å². The lowest BCUT2D eigenvalue weighted by Gasteiger charge is -2.32. The Morgan fingerprint density at radius 3 is 2.93 bits per heavy atom. The van der Waals surface area contributed by atoms with Gasteiger partial charge in [-0.15, -0.1) is 0 Å². The van der Waals surface area contributed by atoms with Gasteiger partial charge >= 0.3 is 0 Å². The van der Waals surface area contributed by atoms with Gasteiger partial charge in [-0.3, -0.25) is 4.98 Å². The molecule has 2 rings (SSSR count). The topological polar surface area (TPSA) is 22.1 Å². The third kappa shape index (κ3) is 2.47. The highest BCUT2D eigenvalue weighted by Gasteiger charge is 2.25. The van der Waals surface area contributed by atoms with E-state index in [1.165, 1.54) is 12.8 Å². The number of pyridine rings is 1. The molecule has 1 fully saturated rings. The fraction of sp³-hybridized carbons (Fsp3) is 0.545. The number of hydrogen-bond acceptors (Lipinski definition) is 2. The third-order valence-electron chi connectivity index (χ3n) is 2.64. The summed E-state index contributed by atoms with van der Waals surface area (Å²) in [5.41, 5.74) is 0. The Morgan fingerprint density at radius 2 is 2.29 bits per heavy atom. The van der Waals surface area contributed by atoms with Crippen LogP contribution in [-0.4, -0.2) is 11.6 Å². The molecule has 0 bridgehead atoms. The van der Waals surface area contributed by atoms with Gasteiger partial charge in [-0.2, -0.15) is 0 Å². The van der Waals surface area contributed by atoms with Gasteiger partial charge in [0.15, 0.2) is 0 Å². The maximum absolute atomic E-state index is 5.65. The Hall–Kier alpha value is -0.570. The molecular formula is C11H14BrNO. The summed E-state index contributed by atoms with van der Waals surface area (Å²) in [5.74, 6) is 2.51. The van der Waals surface area contributed by atoms with Crippen LogP contribution in [0.4, 0.5) is 0 Å². The average Bonchev–Trinajstić information content (AvgIpc) is 2.11. The minimum atomic E-state index is 0.754. The van der Waals surface area contributed by atoms with Crippen molar-refractivity contribution in [2.24, 2.45) is 11.8 Å². The van der Waals surface area contributed by atoms with Crippen LogP contribution in [0.15, 0.2) is 22.9 Å². The Morgan fingerprint density at radius 1 is 1.50 bits per heavy atom. The molecule has 0 aromatic carbocycles. The van der Waals surface area contributed by atoms with Gasteiger partial charge in [-0.05, 0) is 46.7 Å². The second-order valence-corrected chi connectivity index (χ2v) is 5.01. The van der Waals surface area contributed by atoms with Crippen LogP contribution in [0.2, 0.25) is 0 Å². The fourth-order valence-electron chi connectivity index (χ4n) is 1.89. The molecular weight excluding hydrogens is 242 g/mol. The number of halogens is 1. The van der Waals surface area contributed by atoms with Crippen molar-refractivity contribution in [1.29, 1.82) is 0 Å². The summed E-state index contributed by atoms with van der Waals surface area (Å²) in [7, 11) is 0. The summed E-state index contributed by atoms with van der Waals surface area (Å²) in [5, 5.41) is 0. The van der Waals surface area contributed by atoms with Crippen LogP contribution >= 0.6 is 15.9 Å². The maximum Gasteiger partial charge on any atom is 0.138 e. The summed E-state index contributed by atoms with van der Waals surface area (Å²) >= 11 is 3.37. The van der Waals surface area contributed by atoms with Crippen molar-refractivity contribution in [3.63, 3.8) is 0 Å². The Kier molecular flexibility index (Phi) is 3.06. The minimum absolute atomic E-state index is 0.754. The minimum Gasteiger partial charge on any atom is -0.492 e. The molecule has 76 valence electrons. The van der Waals surface area contributed by atoms with Gasteiger partial charge in [0.05, 0.1) is 12.8 Å². The zero-order chi connectivity index (χ0) is 9.97. The standard InChI is InChI=1S/C11H14BrNO/c1-8-2-9(3-8)7-14-11-4-10(12)5-13-6-11/h4-6,8-9H,2-3,7H2,1H3. The van der Waals surface area contributed by atoms with E-state index in [4.69, 9.17) is 4.74 Å². The molecule has 0 amide bonds. The zero-order valence-corrected chi connectivity index (χ0v) is 9.83. The molecule has 1 saturated carbocycles. The molecule has 0 unspecified atom stereocenters. The molecule has 0 spiro atoms. The van der Waals surface area contributed by atoms with Crippen molar-refractivity contribution < 1.29 is 4.74 Å². The molecule has 14 heavy (non-hydrogen) atoms. The number of rotatable bonds is 3. The van der Waals surface area contributed by atoms with E-state index in [-0.39, 0.29) is 0 Å². The number of nitrogens with zero attached hydrogens (tertiary/aromatic N) is 1. The zero-order valence-electron chi connectivity index (χ0n) is 8.24. The maximum atomic E-state index is 5.65. The molecule has 0 radical (unpaired) electrons. The van der Waals surface area contributed by atoms with E-state index in [0.29, 0.717) is 0 Å². The Labute approximate surface area is 92.8 Å². The first-order valence-electron chi connectivity index (χ1n) is 4.97. The summed E-state index contributed by atoms with van der Waals surface area (Å²) in [6.07, 6.45) is 6.13. The van der Waals surface area contributed by atoms with Crippen molar-refractivity contribution >= 4 is 15.9 Å². The average molecular weight is 256 g/mol. The van der Waals surface area contributed by atoms with Gasteiger partial charge in [0, 0.05) is 10.7 Å². The largest absolute Gasteiger partial charge is 0.492 e. The van der Waals surface area contributed by atoms with E-state index in [2.05, 4.69) is 27.8 Å². The first-order chi connectivity index (χ1) is 6.74. The molecule has 0 aliphatic heterocycles. The van der Waals surface area contributed by atoms with Crippen LogP contribution in [0.25, 0.3) is 0 Å². The molecule has 1 aliphatic carbocycles. The lowest BCUT2D eigenvalue weighted by atomic mass is 9.77. The molecule has 1 aromatic rings. The number of aromatic nitrogens is 1. The van der Waals surface area contributed by atoms with Gasteiger partial charge in [0.1, 0.15) is 5.75 Å². The molecule has 1 heterocycles. The van der Waals surface area contributed by atoms with Crippen LogP contribution in [0, 0.1) is 11.8 Å². The summed E-state index contributed by atoms with van der Waals surface area (Å²) < 4.78 is 6.62. The van der Waals surface area contributed by atoms with Crippen LogP contribution in [-0.2, 0) is 0 Å². The lowest BCUT2D eigenvalue weighted by molar-refractivity contribution is 0.130. The highest BCUT2D eigenvalue weighted by molar-refractivity contribution is 9.10. The molecule has 2 nitrogen and oxygen atoms in total. The quantitative estimate of drug-likeness (QED) is 0.828. The second kappa shape index (κ2) is 4.30. The summed E-state index contributed by atoms with van der Waals surface area (Å²) in [6, 6.07) is 1.95. The normalized spacial score (nSPS) is 25.6. The summed E-state index contributed by atoms with van der Waals surface area (Å²) in [4.78, 5) is 4.05. The molecule has 0 saturated heterocycles. The fourth-order valence-corrected chi connectivity index (χ4v) is 2.23. The van der Waals surface area contributed by atoms with Crippen LogP contribution in [0.5, 0.6) is 5.75 Å². The smallest absolute Gasteiger partial charge is 0.138 e. The molecule has 0 atom stereocenters. The molecule has 1 aliphatic rings. The first-order valence-corrected chi connectivity index (χ1v) is 5.76. The van der Waals surface area contributed by atoms with E-state index in [9.17, 15) is 0 Å². The molecule has 1 aromatic heterocycles. The Bertz CT molecular complexity index is 310. The molecule has 3 heteroatoms. The van der Waals surface area contributed by atoms with E-state index in [1.807, 2.05) is 6.07 Å². The van der Waals surface area contributed by atoms with E-state index >= 15 is 0 Å². The van der Waals surface area contributed by atoms with Gasteiger partial charge < -0.3 is 4.74 Å². The highest BCUT2D eigenvalue weighted by Crippen LogP contribution is 2.33. The lowest BCUT2D eigenvalue weighted by Crippen LogP contribution is -2.26. The van der Waals surface area contributed by atoms with E-state index in [0.717, 1.165) is 28.7 Å². The molecule has 0 N–H and O–H groups in total. The van der Waals surface area contributed by atoms with Gasteiger partial charge in [0.2, 0.25) is 0 Å². The van der Waals surface area contributed by atoms with E-state index < -0.39 is 0 Å². The number of ether oxygens (including phenoxy) is 1. The predicted octanol–water partition coefficient (Wildman–Crippen LogP) is 3.27.